The topological polar surface area (TPSA) is 95.5 Å². The summed E-state index contributed by atoms with van der Waals surface area (Å²) in [6.07, 6.45) is 2.49. The molecule has 0 spiro atoms. The molecule has 0 aliphatic heterocycles. The summed E-state index contributed by atoms with van der Waals surface area (Å²) in [5, 5.41) is 12.6. The van der Waals surface area contributed by atoms with Gasteiger partial charge >= 0.3 is 0 Å². The van der Waals surface area contributed by atoms with E-state index in [4.69, 9.17) is 0 Å². The molecular formula is C21H26N2O4S. The largest absolute Gasteiger partial charge is 0.393 e. The van der Waals surface area contributed by atoms with Crippen LogP contribution in [0.4, 0.5) is 0 Å². The number of nitrogens with one attached hydrogen (secondary N) is 2. The molecule has 0 radical (unpaired) electrons. The summed E-state index contributed by atoms with van der Waals surface area (Å²) in [7, 11) is -3.73. The van der Waals surface area contributed by atoms with Crippen molar-refractivity contribution in [2.45, 2.75) is 56.2 Å². The highest BCUT2D eigenvalue weighted by Gasteiger charge is 2.23. The zero-order valence-electron chi connectivity index (χ0n) is 15.9. The molecule has 0 saturated heterocycles. The summed E-state index contributed by atoms with van der Waals surface area (Å²) in [6.45, 7) is 1.97. The van der Waals surface area contributed by atoms with Crippen molar-refractivity contribution in [1.82, 2.24) is 10.0 Å². The molecule has 1 saturated carbocycles. The molecule has 0 atom stereocenters. The van der Waals surface area contributed by atoms with Gasteiger partial charge in [-0.15, -0.1) is 0 Å². The van der Waals surface area contributed by atoms with Crippen molar-refractivity contribution in [1.29, 1.82) is 0 Å². The third kappa shape index (κ3) is 5.19. The Labute approximate surface area is 166 Å². The zero-order chi connectivity index (χ0) is 20.1. The van der Waals surface area contributed by atoms with Crippen molar-refractivity contribution in [3.05, 3.63) is 65.2 Å². The van der Waals surface area contributed by atoms with Gasteiger partial charge in [0.05, 0.1) is 11.0 Å². The Balaban J connectivity index is 1.72. The summed E-state index contributed by atoms with van der Waals surface area (Å²) in [5.41, 5.74) is 1.93. The van der Waals surface area contributed by atoms with E-state index in [2.05, 4.69) is 10.0 Å². The van der Waals surface area contributed by atoms with E-state index in [0.717, 1.165) is 24.0 Å². The lowest BCUT2D eigenvalue weighted by Crippen LogP contribution is -2.39. The van der Waals surface area contributed by atoms with Crippen LogP contribution in [-0.2, 0) is 16.6 Å². The molecule has 3 N–H and O–H groups in total. The Morgan fingerprint density at radius 2 is 1.75 bits per heavy atom. The predicted octanol–water partition coefficient (Wildman–Crippen LogP) is 2.51. The van der Waals surface area contributed by atoms with Gasteiger partial charge in [-0.2, -0.15) is 0 Å². The van der Waals surface area contributed by atoms with Gasteiger partial charge in [-0.25, -0.2) is 13.1 Å². The molecule has 1 aliphatic rings. The summed E-state index contributed by atoms with van der Waals surface area (Å²) in [5.74, 6) is -0.279. The van der Waals surface area contributed by atoms with Gasteiger partial charge < -0.3 is 10.4 Å². The molecule has 1 fully saturated rings. The van der Waals surface area contributed by atoms with Gasteiger partial charge in [0.15, 0.2) is 0 Å². The minimum Gasteiger partial charge on any atom is -0.393 e. The van der Waals surface area contributed by atoms with Crippen LogP contribution in [0.5, 0.6) is 0 Å². The number of carbonyl (C=O) groups is 1. The Bertz CT molecular complexity index is 921. The Hall–Kier alpha value is -2.22. The van der Waals surface area contributed by atoms with E-state index in [9.17, 15) is 18.3 Å². The fraction of sp³-hybridized carbons (Fsp3) is 0.381. The van der Waals surface area contributed by atoms with E-state index >= 15 is 0 Å². The third-order valence-corrected chi connectivity index (χ3v) is 6.50. The zero-order valence-corrected chi connectivity index (χ0v) is 16.7. The maximum atomic E-state index is 12.7. The summed E-state index contributed by atoms with van der Waals surface area (Å²) >= 11 is 0. The molecule has 7 heteroatoms. The maximum absolute atomic E-state index is 12.7. The molecule has 2 aromatic rings. The van der Waals surface area contributed by atoms with Gasteiger partial charge in [-0.1, -0.05) is 36.4 Å². The summed E-state index contributed by atoms with van der Waals surface area (Å²) in [4.78, 5) is 12.8. The number of aryl methyl sites for hydroxylation is 1. The second kappa shape index (κ2) is 8.86. The molecule has 6 nitrogen and oxygen atoms in total. The minimum absolute atomic E-state index is 0.00627. The molecule has 0 unspecified atom stereocenters. The van der Waals surface area contributed by atoms with Gasteiger partial charge in [0.1, 0.15) is 0 Å². The lowest BCUT2D eigenvalue weighted by atomic mass is 9.93. The molecular weight excluding hydrogens is 376 g/mol. The Morgan fingerprint density at radius 3 is 2.43 bits per heavy atom. The van der Waals surface area contributed by atoms with Crippen molar-refractivity contribution in [3.8, 4) is 0 Å². The van der Waals surface area contributed by atoms with E-state index < -0.39 is 10.0 Å². The number of hydrogen-bond donors (Lipinski definition) is 3. The molecule has 1 aliphatic carbocycles. The van der Waals surface area contributed by atoms with Crippen LogP contribution in [0.1, 0.15) is 47.2 Å². The van der Waals surface area contributed by atoms with Gasteiger partial charge in [0, 0.05) is 18.2 Å². The van der Waals surface area contributed by atoms with Gasteiger partial charge in [0.2, 0.25) is 10.0 Å². The van der Waals surface area contributed by atoms with Crippen molar-refractivity contribution < 1.29 is 18.3 Å². The van der Waals surface area contributed by atoms with Crippen molar-refractivity contribution >= 4 is 15.9 Å². The van der Waals surface area contributed by atoms with Gasteiger partial charge in [-0.05, 0) is 55.9 Å². The predicted molar refractivity (Wildman–Crippen MR) is 107 cm³/mol. The first-order valence-corrected chi connectivity index (χ1v) is 11.0. The number of aliphatic hydroxyl groups excluding tert-OH is 1. The summed E-state index contributed by atoms with van der Waals surface area (Å²) < 4.78 is 27.9. The van der Waals surface area contributed by atoms with Crippen LogP contribution >= 0.6 is 0 Å². The minimum atomic E-state index is -3.73. The lowest BCUT2D eigenvalue weighted by molar-refractivity contribution is 0.0867. The van der Waals surface area contributed by atoms with Crippen molar-refractivity contribution in [3.63, 3.8) is 0 Å². The number of benzene rings is 2. The van der Waals surface area contributed by atoms with E-state index in [1.54, 1.807) is 13.0 Å². The Morgan fingerprint density at radius 1 is 1.07 bits per heavy atom. The quantitative estimate of drug-likeness (QED) is 0.692. The number of carbonyl (C=O) groups excluding carboxylic acids is 1. The third-order valence-electron chi connectivity index (χ3n) is 5.11. The van der Waals surface area contributed by atoms with Crippen LogP contribution in [-0.4, -0.2) is 31.6 Å². The number of hydrogen-bond acceptors (Lipinski definition) is 4. The monoisotopic (exact) mass is 402 g/mol. The van der Waals surface area contributed by atoms with E-state index in [1.165, 1.54) is 12.1 Å². The van der Waals surface area contributed by atoms with Crippen LogP contribution in [0.25, 0.3) is 0 Å². The van der Waals surface area contributed by atoms with Crippen LogP contribution in [0, 0.1) is 6.92 Å². The fourth-order valence-electron chi connectivity index (χ4n) is 3.35. The molecule has 0 heterocycles. The number of amides is 1. The highest BCUT2D eigenvalue weighted by molar-refractivity contribution is 7.89. The standard InChI is InChI=1S/C21H26N2O4S/c1-15-7-12-19(28(26,27)22-14-16-5-3-2-4-6-16)13-20(15)21(25)23-17-8-10-18(24)11-9-17/h2-7,12-13,17-18,22,24H,8-11,14H2,1H3,(H,23,25). The average molecular weight is 403 g/mol. The average Bonchev–Trinajstić information content (AvgIpc) is 2.69. The van der Waals surface area contributed by atoms with Crippen LogP contribution in [0.2, 0.25) is 0 Å². The fourth-order valence-corrected chi connectivity index (χ4v) is 4.40. The number of sulfonamides is 1. The molecule has 0 bridgehead atoms. The molecule has 2 aromatic carbocycles. The van der Waals surface area contributed by atoms with E-state index in [1.807, 2.05) is 30.3 Å². The van der Waals surface area contributed by atoms with Crippen LogP contribution < -0.4 is 10.0 Å². The van der Waals surface area contributed by atoms with Gasteiger partial charge in [0.25, 0.3) is 5.91 Å². The maximum Gasteiger partial charge on any atom is 0.251 e. The first-order chi connectivity index (χ1) is 13.3. The highest BCUT2D eigenvalue weighted by Crippen LogP contribution is 2.20. The van der Waals surface area contributed by atoms with E-state index in [-0.39, 0.29) is 29.5 Å². The first kappa shape index (κ1) is 20.5. The van der Waals surface area contributed by atoms with E-state index in [0.29, 0.717) is 18.4 Å². The molecule has 1 amide bonds. The highest BCUT2D eigenvalue weighted by atomic mass is 32.2. The van der Waals surface area contributed by atoms with Crippen molar-refractivity contribution in [2.24, 2.45) is 0 Å². The second-order valence-electron chi connectivity index (χ2n) is 7.27. The number of aliphatic hydroxyl groups is 1. The normalized spacial score (nSPS) is 19.9. The van der Waals surface area contributed by atoms with Gasteiger partial charge in [-0.3, -0.25) is 4.79 Å². The smallest absolute Gasteiger partial charge is 0.251 e. The Kier molecular flexibility index (Phi) is 6.49. The molecule has 0 aromatic heterocycles. The molecule has 28 heavy (non-hydrogen) atoms. The SMILES string of the molecule is Cc1ccc(S(=O)(=O)NCc2ccccc2)cc1C(=O)NC1CCC(O)CC1. The molecule has 3 rings (SSSR count). The first-order valence-electron chi connectivity index (χ1n) is 9.48. The second-order valence-corrected chi connectivity index (χ2v) is 9.03. The van der Waals surface area contributed by atoms with Crippen LogP contribution in [0.3, 0.4) is 0 Å². The van der Waals surface area contributed by atoms with Crippen molar-refractivity contribution in [2.75, 3.05) is 0 Å². The number of rotatable bonds is 6. The van der Waals surface area contributed by atoms with Crippen LogP contribution in [0.15, 0.2) is 53.4 Å². The summed E-state index contributed by atoms with van der Waals surface area (Å²) in [6, 6.07) is 13.9. The molecule has 150 valence electrons. The lowest BCUT2D eigenvalue weighted by Gasteiger charge is -2.26.